The minimum absolute atomic E-state index is 0.297. The zero-order valence-electron chi connectivity index (χ0n) is 10.8. The highest BCUT2D eigenvalue weighted by Crippen LogP contribution is 2.15. The number of carbonyl (C=O) groups is 1. The Morgan fingerprint density at radius 1 is 1.10 bits per heavy atom. The van der Waals surface area contributed by atoms with Crippen molar-refractivity contribution in [3.05, 3.63) is 70.2 Å². The average molecular weight is 335 g/mol. The zero-order valence-corrected chi connectivity index (χ0v) is 12.4. The van der Waals surface area contributed by atoms with Gasteiger partial charge in [-0.1, -0.05) is 58.4 Å². The van der Waals surface area contributed by atoms with Crippen LogP contribution < -0.4 is 0 Å². The first-order valence-electron chi connectivity index (χ1n) is 6.28. The van der Waals surface area contributed by atoms with Gasteiger partial charge in [-0.3, -0.25) is 0 Å². The standard InChI is InChI=1S/C16H15BrO3/c17-14-8-4-7-13(9-14)10-15(16(18)19)20-11-12-5-2-1-3-6-12/h1-9,15H,10-11H2,(H,18,19)/t15-/m0/s1. The second-order valence-corrected chi connectivity index (χ2v) is 5.37. The molecule has 0 heterocycles. The molecule has 3 nitrogen and oxygen atoms in total. The number of rotatable bonds is 6. The molecule has 0 bridgehead atoms. The van der Waals surface area contributed by atoms with Gasteiger partial charge in [-0.15, -0.1) is 0 Å². The molecule has 104 valence electrons. The number of benzene rings is 2. The van der Waals surface area contributed by atoms with Crippen LogP contribution in [0.15, 0.2) is 59.1 Å². The van der Waals surface area contributed by atoms with Crippen molar-refractivity contribution in [2.24, 2.45) is 0 Å². The van der Waals surface area contributed by atoms with Crippen molar-refractivity contribution in [3.8, 4) is 0 Å². The second-order valence-electron chi connectivity index (χ2n) is 4.46. The third-order valence-electron chi connectivity index (χ3n) is 2.88. The number of aliphatic carboxylic acids is 1. The first-order valence-corrected chi connectivity index (χ1v) is 7.07. The van der Waals surface area contributed by atoms with Gasteiger partial charge in [-0.2, -0.15) is 0 Å². The van der Waals surface area contributed by atoms with E-state index in [0.29, 0.717) is 13.0 Å². The summed E-state index contributed by atoms with van der Waals surface area (Å²) in [6.07, 6.45) is -0.494. The number of carboxylic acid groups (broad SMARTS) is 1. The topological polar surface area (TPSA) is 46.5 Å². The molecule has 0 aliphatic rings. The van der Waals surface area contributed by atoms with Gasteiger partial charge < -0.3 is 9.84 Å². The summed E-state index contributed by atoms with van der Waals surface area (Å²) in [5.74, 6) is -0.944. The molecule has 0 amide bonds. The Balaban J connectivity index is 1.99. The maximum absolute atomic E-state index is 11.3. The molecule has 1 atom stereocenters. The van der Waals surface area contributed by atoms with Crippen LogP contribution in [-0.2, 0) is 22.6 Å². The first kappa shape index (κ1) is 14.8. The Kier molecular flexibility index (Phi) is 5.32. The summed E-state index contributed by atoms with van der Waals surface area (Å²) in [5.41, 5.74) is 1.90. The van der Waals surface area contributed by atoms with Crippen LogP contribution in [0.4, 0.5) is 0 Å². The maximum Gasteiger partial charge on any atom is 0.333 e. The molecule has 0 aliphatic heterocycles. The zero-order chi connectivity index (χ0) is 14.4. The summed E-state index contributed by atoms with van der Waals surface area (Å²) in [7, 11) is 0. The monoisotopic (exact) mass is 334 g/mol. The highest BCUT2D eigenvalue weighted by atomic mass is 79.9. The SMILES string of the molecule is O=C(O)[C@H](Cc1cccc(Br)c1)OCc1ccccc1. The third kappa shape index (κ3) is 4.47. The van der Waals surface area contributed by atoms with Gasteiger partial charge in [0.2, 0.25) is 0 Å². The second kappa shape index (κ2) is 7.22. The molecule has 20 heavy (non-hydrogen) atoms. The molecule has 0 saturated heterocycles. The molecule has 0 aromatic heterocycles. The van der Waals surface area contributed by atoms with Crippen LogP contribution in [0.3, 0.4) is 0 Å². The van der Waals surface area contributed by atoms with E-state index in [1.54, 1.807) is 0 Å². The molecular formula is C16H15BrO3. The summed E-state index contributed by atoms with van der Waals surface area (Å²) in [6.45, 7) is 0.297. The van der Waals surface area contributed by atoms with E-state index in [9.17, 15) is 9.90 Å². The van der Waals surface area contributed by atoms with Crippen molar-refractivity contribution < 1.29 is 14.6 Å². The average Bonchev–Trinajstić information content (AvgIpc) is 2.44. The van der Waals surface area contributed by atoms with E-state index in [0.717, 1.165) is 15.6 Å². The fourth-order valence-electron chi connectivity index (χ4n) is 1.87. The van der Waals surface area contributed by atoms with Crippen LogP contribution in [0.5, 0.6) is 0 Å². The summed E-state index contributed by atoms with van der Waals surface area (Å²) in [6, 6.07) is 17.1. The van der Waals surface area contributed by atoms with Crippen LogP contribution in [0.2, 0.25) is 0 Å². The largest absolute Gasteiger partial charge is 0.479 e. The summed E-state index contributed by atoms with van der Waals surface area (Å²) < 4.78 is 6.45. The van der Waals surface area contributed by atoms with Crippen LogP contribution in [0.1, 0.15) is 11.1 Å². The fourth-order valence-corrected chi connectivity index (χ4v) is 2.31. The van der Waals surface area contributed by atoms with Gasteiger partial charge >= 0.3 is 5.97 Å². The predicted octanol–water partition coefficient (Wildman–Crippen LogP) is 3.66. The molecule has 0 spiro atoms. The minimum atomic E-state index is -0.944. The Morgan fingerprint density at radius 3 is 2.45 bits per heavy atom. The Bertz CT molecular complexity index is 569. The highest BCUT2D eigenvalue weighted by Gasteiger charge is 2.18. The van der Waals surface area contributed by atoms with Crippen molar-refractivity contribution in [2.45, 2.75) is 19.1 Å². The number of halogens is 1. The maximum atomic E-state index is 11.3. The Labute approximate surface area is 126 Å². The number of hydrogen-bond donors (Lipinski definition) is 1. The van der Waals surface area contributed by atoms with Gasteiger partial charge in [-0.05, 0) is 23.3 Å². The van der Waals surface area contributed by atoms with Crippen molar-refractivity contribution in [1.82, 2.24) is 0 Å². The molecule has 0 saturated carbocycles. The fraction of sp³-hybridized carbons (Fsp3) is 0.188. The molecule has 0 radical (unpaired) electrons. The minimum Gasteiger partial charge on any atom is -0.479 e. The molecule has 1 N–H and O–H groups in total. The lowest BCUT2D eigenvalue weighted by atomic mass is 10.1. The number of hydrogen-bond acceptors (Lipinski definition) is 2. The van der Waals surface area contributed by atoms with Gasteiger partial charge in [0.05, 0.1) is 6.61 Å². The van der Waals surface area contributed by atoms with Gasteiger partial charge in [0.25, 0.3) is 0 Å². The molecule has 4 heteroatoms. The van der Waals surface area contributed by atoms with Gasteiger partial charge in [-0.25, -0.2) is 4.79 Å². The molecule has 2 aromatic rings. The predicted molar refractivity (Wildman–Crippen MR) is 80.5 cm³/mol. The van der Waals surface area contributed by atoms with Gasteiger partial charge in [0.1, 0.15) is 0 Å². The first-order chi connectivity index (χ1) is 9.65. The molecule has 0 unspecified atom stereocenters. The van der Waals surface area contributed by atoms with Gasteiger partial charge in [0, 0.05) is 10.9 Å². The molecular weight excluding hydrogens is 320 g/mol. The van der Waals surface area contributed by atoms with Crippen molar-refractivity contribution >= 4 is 21.9 Å². The van der Waals surface area contributed by atoms with Crippen LogP contribution in [0.25, 0.3) is 0 Å². The van der Waals surface area contributed by atoms with Crippen LogP contribution in [0, 0.1) is 0 Å². The van der Waals surface area contributed by atoms with Crippen LogP contribution in [-0.4, -0.2) is 17.2 Å². The van der Waals surface area contributed by atoms with Crippen molar-refractivity contribution in [2.75, 3.05) is 0 Å². The Hall–Kier alpha value is -1.65. The van der Waals surface area contributed by atoms with Crippen LogP contribution >= 0.6 is 15.9 Å². The smallest absolute Gasteiger partial charge is 0.333 e. The molecule has 0 fully saturated rings. The van der Waals surface area contributed by atoms with E-state index in [4.69, 9.17) is 4.74 Å². The molecule has 2 rings (SSSR count). The lowest BCUT2D eigenvalue weighted by molar-refractivity contribution is -0.151. The lowest BCUT2D eigenvalue weighted by Crippen LogP contribution is -2.26. The van der Waals surface area contributed by atoms with Crippen molar-refractivity contribution in [1.29, 1.82) is 0 Å². The highest BCUT2D eigenvalue weighted by molar-refractivity contribution is 9.10. The summed E-state index contributed by atoms with van der Waals surface area (Å²) in [5, 5.41) is 9.25. The van der Waals surface area contributed by atoms with Crippen molar-refractivity contribution in [3.63, 3.8) is 0 Å². The number of carboxylic acids is 1. The molecule has 2 aromatic carbocycles. The van der Waals surface area contributed by atoms with E-state index in [2.05, 4.69) is 15.9 Å². The van der Waals surface area contributed by atoms with E-state index in [1.807, 2.05) is 54.6 Å². The Morgan fingerprint density at radius 2 is 1.80 bits per heavy atom. The summed E-state index contributed by atoms with van der Waals surface area (Å²) >= 11 is 3.38. The van der Waals surface area contributed by atoms with E-state index in [-0.39, 0.29) is 0 Å². The lowest BCUT2D eigenvalue weighted by Gasteiger charge is -2.14. The summed E-state index contributed by atoms with van der Waals surface area (Å²) in [4.78, 5) is 11.3. The molecule has 0 aliphatic carbocycles. The number of ether oxygens (including phenoxy) is 1. The van der Waals surface area contributed by atoms with E-state index in [1.165, 1.54) is 0 Å². The van der Waals surface area contributed by atoms with Gasteiger partial charge in [0.15, 0.2) is 6.10 Å². The third-order valence-corrected chi connectivity index (χ3v) is 3.37. The van der Waals surface area contributed by atoms with E-state index < -0.39 is 12.1 Å². The van der Waals surface area contributed by atoms with E-state index >= 15 is 0 Å². The quantitative estimate of drug-likeness (QED) is 0.876. The normalized spacial score (nSPS) is 12.1.